The number of nitrogens with one attached hydrogen (secondary N) is 1. The molecule has 2 atom stereocenters. The first kappa shape index (κ1) is 20.4. The van der Waals surface area contributed by atoms with Crippen molar-refractivity contribution < 1.29 is 22.9 Å². The number of nitrogens with two attached hydrogens (primary N) is 1. The first-order valence-corrected chi connectivity index (χ1v) is 11.9. The highest BCUT2D eigenvalue weighted by Crippen LogP contribution is 2.41. The molecule has 3 N–H and O–H groups in total. The number of benzene rings is 1. The topological polar surface area (TPSA) is 121 Å². The monoisotopic (exact) mass is 449 g/mol. The van der Waals surface area contributed by atoms with Crippen molar-refractivity contribution in [1.82, 2.24) is 9.78 Å². The summed E-state index contributed by atoms with van der Waals surface area (Å²) in [5, 5.41) is 12.9. The summed E-state index contributed by atoms with van der Waals surface area (Å²) >= 11 is 0. The Bertz CT molecular complexity index is 1170. The van der Waals surface area contributed by atoms with Crippen LogP contribution in [0, 0.1) is 5.82 Å². The number of carbonyl (C=O) groups is 1. The molecule has 0 bridgehead atoms. The number of halogens is 1. The molecule has 0 saturated carbocycles. The van der Waals surface area contributed by atoms with Gasteiger partial charge in [-0.05, 0) is 60.8 Å². The van der Waals surface area contributed by atoms with E-state index in [0.29, 0.717) is 49.0 Å². The largest absolute Gasteiger partial charge is 0.474 e. The molecule has 11 heteroatoms. The van der Waals surface area contributed by atoms with Crippen molar-refractivity contribution in [3.63, 3.8) is 0 Å². The number of hydrogen-bond donors (Lipinski definition) is 2. The Morgan fingerprint density at radius 1 is 1.29 bits per heavy atom. The lowest BCUT2D eigenvalue weighted by molar-refractivity contribution is 0.0165. The minimum absolute atomic E-state index is 0.0618. The van der Waals surface area contributed by atoms with Crippen molar-refractivity contribution in [2.24, 2.45) is 9.50 Å². The number of rotatable bonds is 3. The maximum absolute atomic E-state index is 14.8. The summed E-state index contributed by atoms with van der Waals surface area (Å²) in [6.07, 6.45) is 5.50. The number of aromatic nitrogens is 2. The number of fused-ring (bicyclic) bond motifs is 3. The van der Waals surface area contributed by atoms with E-state index in [9.17, 15) is 13.4 Å². The lowest BCUT2D eigenvalue weighted by Gasteiger charge is -2.23. The lowest BCUT2D eigenvalue weighted by atomic mass is 9.98. The molecule has 2 amide bonds. The van der Waals surface area contributed by atoms with Gasteiger partial charge in [0.2, 0.25) is 5.88 Å². The predicted molar refractivity (Wildman–Crippen MR) is 111 cm³/mol. The molecule has 1 aromatic heterocycles. The zero-order valence-electron chi connectivity index (χ0n) is 17.1. The van der Waals surface area contributed by atoms with E-state index in [-0.39, 0.29) is 29.3 Å². The van der Waals surface area contributed by atoms with Crippen LogP contribution in [0.4, 0.5) is 14.9 Å². The number of carbonyl (C=O) groups excluding carboxylic acids is 1. The molecule has 0 saturated heterocycles. The van der Waals surface area contributed by atoms with E-state index in [4.69, 9.17) is 14.6 Å². The standard InChI is InChI=1S/C20H24FN5O4S/c1-29-11-9-26-19(30-10-11)16(8-23-26)31(22,28)25-20(27)24-18-14-6-2-4-12(14)17(21)13-5-3-7-15(13)18/h8,11H,2-7,9-10H2,1H3,(H3,22,24,25,27,28)/t11-,31+/m0/s1. The van der Waals surface area contributed by atoms with E-state index in [2.05, 4.69) is 14.8 Å². The minimum atomic E-state index is -3.60. The second kappa shape index (κ2) is 7.57. The van der Waals surface area contributed by atoms with Gasteiger partial charge in [-0.2, -0.15) is 5.10 Å². The van der Waals surface area contributed by atoms with Gasteiger partial charge in [0.05, 0.1) is 12.7 Å². The maximum Gasteiger partial charge on any atom is 0.354 e. The van der Waals surface area contributed by atoms with Gasteiger partial charge in [-0.15, -0.1) is 4.36 Å². The molecule has 0 radical (unpaired) electrons. The van der Waals surface area contributed by atoms with E-state index in [1.54, 1.807) is 7.11 Å². The van der Waals surface area contributed by atoms with Gasteiger partial charge in [-0.1, -0.05) is 0 Å². The molecule has 2 aromatic rings. The molecule has 5 rings (SSSR count). The molecule has 3 aliphatic rings. The quantitative estimate of drug-likeness (QED) is 0.745. The number of amides is 2. The molecular weight excluding hydrogens is 425 g/mol. The SMILES string of the molecule is CO[C@@H]1COc2c([S@](N)(=O)=NC(=O)Nc3c4c(c(F)c5c3CCC5)CCC4)cnn2C1. The van der Waals surface area contributed by atoms with Crippen molar-refractivity contribution in [3.8, 4) is 5.88 Å². The third-order valence-electron chi connectivity index (χ3n) is 6.21. The number of anilines is 1. The number of nitrogens with zero attached hydrogens (tertiary/aromatic N) is 3. The van der Waals surface area contributed by atoms with Crippen LogP contribution in [-0.4, -0.2) is 39.8 Å². The van der Waals surface area contributed by atoms with Crippen molar-refractivity contribution in [1.29, 1.82) is 0 Å². The van der Waals surface area contributed by atoms with Crippen LogP contribution >= 0.6 is 0 Å². The zero-order chi connectivity index (χ0) is 21.8. The fraction of sp³-hybridized carbons (Fsp3) is 0.500. The molecule has 2 heterocycles. The van der Waals surface area contributed by atoms with Gasteiger partial charge in [-0.3, -0.25) is 0 Å². The van der Waals surface area contributed by atoms with Crippen LogP contribution in [-0.2, 0) is 46.9 Å². The van der Waals surface area contributed by atoms with E-state index >= 15 is 0 Å². The maximum atomic E-state index is 14.8. The van der Waals surface area contributed by atoms with Gasteiger partial charge >= 0.3 is 6.03 Å². The summed E-state index contributed by atoms with van der Waals surface area (Å²) in [5.41, 5.74) is 3.61. The van der Waals surface area contributed by atoms with Gasteiger partial charge in [0.25, 0.3) is 0 Å². The smallest absolute Gasteiger partial charge is 0.354 e. The van der Waals surface area contributed by atoms with Gasteiger partial charge in [0, 0.05) is 12.8 Å². The first-order chi connectivity index (χ1) is 14.9. The first-order valence-electron chi connectivity index (χ1n) is 10.3. The van der Waals surface area contributed by atoms with Crippen molar-refractivity contribution >= 4 is 21.6 Å². The molecular formula is C20H24FN5O4S. The second-order valence-corrected chi connectivity index (χ2v) is 9.82. The molecule has 1 aromatic carbocycles. The molecule has 166 valence electrons. The van der Waals surface area contributed by atoms with Gasteiger partial charge < -0.3 is 14.8 Å². The summed E-state index contributed by atoms with van der Waals surface area (Å²) in [6, 6.07) is -0.826. The highest BCUT2D eigenvalue weighted by molar-refractivity contribution is 7.91. The molecule has 0 unspecified atom stereocenters. The normalized spacial score (nSPS) is 20.9. The van der Waals surface area contributed by atoms with E-state index in [1.165, 1.54) is 10.9 Å². The minimum Gasteiger partial charge on any atom is -0.474 e. The third-order valence-corrected chi connectivity index (χ3v) is 7.56. The Labute approximate surface area is 179 Å². The van der Waals surface area contributed by atoms with Crippen LogP contribution < -0.4 is 15.2 Å². The van der Waals surface area contributed by atoms with Crippen LogP contribution in [0.25, 0.3) is 0 Å². The fourth-order valence-corrected chi connectivity index (χ4v) is 5.74. The average molecular weight is 450 g/mol. The van der Waals surface area contributed by atoms with E-state index < -0.39 is 15.9 Å². The van der Waals surface area contributed by atoms with Crippen LogP contribution in [0.1, 0.15) is 35.1 Å². The lowest BCUT2D eigenvalue weighted by Crippen LogP contribution is -2.32. The number of ether oxygens (including phenoxy) is 2. The van der Waals surface area contributed by atoms with Gasteiger partial charge in [0.15, 0.2) is 9.92 Å². The summed E-state index contributed by atoms with van der Waals surface area (Å²) in [6.45, 7) is 0.673. The average Bonchev–Trinajstić information content (AvgIpc) is 3.49. The fourth-order valence-electron chi connectivity index (χ4n) is 4.73. The van der Waals surface area contributed by atoms with Crippen molar-refractivity contribution in [2.45, 2.75) is 56.1 Å². The predicted octanol–water partition coefficient (Wildman–Crippen LogP) is 2.34. The molecule has 1 aliphatic heterocycles. The van der Waals surface area contributed by atoms with Crippen LogP contribution in [0.5, 0.6) is 5.88 Å². The molecule has 31 heavy (non-hydrogen) atoms. The molecule has 0 spiro atoms. The Balaban J connectivity index is 1.47. The second-order valence-electron chi connectivity index (χ2n) is 8.07. The number of urea groups is 1. The van der Waals surface area contributed by atoms with Crippen LogP contribution in [0.3, 0.4) is 0 Å². The Kier molecular flexibility index (Phi) is 4.98. The summed E-state index contributed by atoms with van der Waals surface area (Å²) in [5.74, 6) is 0.0940. The highest BCUT2D eigenvalue weighted by atomic mass is 32.2. The Hall–Kier alpha value is -2.50. The number of hydrogen-bond acceptors (Lipinski definition) is 5. The Morgan fingerprint density at radius 2 is 1.94 bits per heavy atom. The van der Waals surface area contributed by atoms with E-state index in [1.807, 2.05) is 0 Å². The number of methoxy groups -OCH3 is 1. The third kappa shape index (κ3) is 3.40. The summed E-state index contributed by atoms with van der Waals surface area (Å²) < 4.78 is 44.1. The highest BCUT2D eigenvalue weighted by Gasteiger charge is 2.31. The Morgan fingerprint density at radius 3 is 2.58 bits per heavy atom. The van der Waals surface area contributed by atoms with Crippen LogP contribution in [0.2, 0.25) is 0 Å². The van der Waals surface area contributed by atoms with E-state index in [0.717, 1.165) is 24.0 Å². The van der Waals surface area contributed by atoms with Crippen molar-refractivity contribution in [3.05, 3.63) is 34.3 Å². The summed E-state index contributed by atoms with van der Waals surface area (Å²) in [7, 11) is -2.03. The van der Waals surface area contributed by atoms with Crippen molar-refractivity contribution in [2.75, 3.05) is 19.0 Å². The van der Waals surface area contributed by atoms with Gasteiger partial charge in [0.1, 0.15) is 23.4 Å². The summed E-state index contributed by atoms with van der Waals surface area (Å²) in [4.78, 5) is 12.8. The van der Waals surface area contributed by atoms with Gasteiger partial charge in [-0.25, -0.2) is 23.2 Å². The molecule has 2 aliphatic carbocycles. The zero-order valence-corrected chi connectivity index (χ0v) is 18.0. The molecule has 0 fully saturated rings. The molecule has 9 nitrogen and oxygen atoms in total. The van der Waals surface area contributed by atoms with Crippen LogP contribution in [0.15, 0.2) is 15.5 Å².